The summed E-state index contributed by atoms with van der Waals surface area (Å²) in [6.45, 7) is 0. The molecule has 0 unspecified atom stereocenters. The average Bonchev–Trinajstić information content (AvgIpc) is 2.74. The molecule has 0 saturated carbocycles. The summed E-state index contributed by atoms with van der Waals surface area (Å²) in [5, 5.41) is 2.80. The zero-order chi connectivity index (χ0) is 19.8. The van der Waals surface area contributed by atoms with Gasteiger partial charge in [-0.1, -0.05) is 30.3 Å². The van der Waals surface area contributed by atoms with Crippen molar-refractivity contribution < 1.29 is 9.59 Å². The number of hydrogen-bond donors (Lipinski definition) is 1. The van der Waals surface area contributed by atoms with E-state index in [0.29, 0.717) is 12.1 Å². The molecular formula is C23H21N3O2. The van der Waals surface area contributed by atoms with Gasteiger partial charge >= 0.3 is 0 Å². The Hall–Kier alpha value is -3.73. The molecule has 1 aromatic heterocycles. The second kappa shape index (κ2) is 9.28. The SMILES string of the molecule is CN(C(=O)Cc1ccc(NC(=O)/C=C/c2ccncc2)cc1)c1ccccc1. The fourth-order valence-corrected chi connectivity index (χ4v) is 2.63. The van der Waals surface area contributed by atoms with E-state index in [2.05, 4.69) is 10.3 Å². The summed E-state index contributed by atoms with van der Waals surface area (Å²) in [5.41, 5.74) is 3.33. The Kier molecular flexibility index (Phi) is 6.31. The molecule has 0 saturated heterocycles. The number of aromatic nitrogens is 1. The largest absolute Gasteiger partial charge is 0.323 e. The summed E-state index contributed by atoms with van der Waals surface area (Å²) in [5.74, 6) is -0.215. The topological polar surface area (TPSA) is 62.3 Å². The third-order valence-electron chi connectivity index (χ3n) is 4.23. The number of nitrogens with zero attached hydrogens (tertiary/aromatic N) is 2. The molecule has 0 fully saturated rings. The first-order valence-corrected chi connectivity index (χ1v) is 8.91. The highest BCUT2D eigenvalue weighted by Crippen LogP contribution is 2.15. The van der Waals surface area contributed by atoms with Gasteiger partial charge in [0.05, 0.1) is 6.42 Å². The van der Waals surface area contributed by atoms with Crippen LogP contribution in [0.3, 0.4) is 0 Å². The molecule has 0 aliphatic heterocycles. The van der Waals surface area contributed by atoms with Crippen molar-refractivity contribution >= 4 is 29.3 Å². The van der Waals surface area contributed by atoms with Crippen molar-refractivity contribution in [3.63, 3.8) is 0 Å². The number of rotatable bonds is 6. The molecule has 0 radical (unpaired) electrons. The molecule has 0 aliphatic carbocycles. The minimum Gasteiger partial charge on any atom is -0.323 e. The predicted molar refractivity (Wildman–Crippen MR) is 112 cm³/mol. The van der Waals surface area contributed by atoms with E-state index in [-0.39, 0.29) is 11.8 Å². The fraction of sp³-hybridized carbons (Fsp3) is 0.0870. The Morgan fingerprint density at radius 3 is 2.32 bits per heavy atom. The Bertz CT molecular complexity index is 952. The standard InChI is InChI=1S/C23H21N3O2/c1-26(21-5-3-2-4-6-21)23(28)17-19-7-10-20(11-8-19)25-22(27)12-9-18-13-15-24-16-14-18/h2-16H,17H2,1H3,(H,25,27)/b12-9+. The van der Waals surface area contributed by atoms with E-state index in [0.717, 1.165) is 16.8 Å². The number of hydrogen-bond acceptors (Lipinski definition) is 3. The minimum atomic E-state index is -0.218. The van der Waals surface area contributed by atoms with Crippen molar-refractivity contribution in [1.82, 2.24) is 4.98 Å². The first-order chi connectivity index (χ1) is 13.6. The van der Waals surface area contributed by atoms with Gasteiger partial charge < -0.3 is 10.2 Å². The Morgan fingerprint density at radius 1 is 0.964 bits per heavy atom. The first-order valence-electron chi connectivity index (χ1n) is 8.91. The van der Waals surface area contributed by atoms with Gasteiger partial charge in [0.25, 0.3) is 0 Å². The third kappa shape index (κ3) is 5.38. The average molecular weight is 371 g/mol. The van der Waals surface area contributed by atoms with E-state index in [1.54, 1.807) is 42.6 Å². The lowest BCUT2D eigenvalue weighted by molar-refractivity contribution is -0.117. The van der Waals surface area contributed by atoms with Crippen molar-refractivity contribution in [1.29, 1.82) is 0 Å². The van der Waals surface area contributed by atoms with Crippen molar-refractivity contribution in [3.8, 4) is 0 Å². The molecule has 2 amide bonds. The summed E-state index contributed by atoms with van der Waals surface area (Å²) in [6.07, 6.45) is 6.84. The predicted octanol–water partition coefficient (Wildman–Crippen LogP) is 3.94. The maximum Gasteiger partial charge on any atom is 0.248 e. The molecule has 1 N–H and O–H groups in total. The minimum absolute atomic E-state index is 0.00303. The lowest BCUT2D eigenvalue weighted by Gasteiger charge is -2.17. The van der Waals surface area contributed by atoms with Crippen molar-refractivity contribution in [2.24, 2.45) is 0 Å². The number of carbonyl (C=O) groups excluding carboxylic acids is 2. The summed E-state index contributed by atoms with van der Waals surface area (Å²) >= 11 is 0. The van der Waals surface area contributed by atoms with Crippen LogP contribution in [-0.2, 0) is 16.0 Å². The van der Waals surface area contributed by atoms with E-state index < -0.39 is 0 Å². The van der Waals surface area contributed by atoms with Gasteiger partial charge in [0.1, 0.15) is 0 Å². The highest BCUT2D eigenvalue weighted by atomic mass is 16.2. The summed E-state index contributed by atoms with van der Waals surface area (Å²) in [6, 6.07) is 20.4. The van der Waals surface area contributed by atoms with Crippen LogP contribution in [0.15, 0.2) is 85.2 Å². The summed E-state index contributed by atoms with van der Waals surface area (Å²) < 4.78 is 0. The van der Waals surface area contributed by atoms with Gasteiger partial charge in [-0.2, -0.15) is 0 Å². The maximum atomic E-state index is 12.4. The zero-order valence-electron chi connectivity index (χ0n) is 15.6. The second-order valence-electron chi connectivity index (χ2n) is 6.27. The van der Waals surface area contributed by atoms with Crippen LogP contribution in [0.5, 0.6) is 0 Å². The molecule has 5 heteroatoms. The Balaban J connectivity index is 1.55. The number of pyridine rings is 1. The molecule has 3 aromatic rings. The van der Waals surface area contributed by atoms with E-state index in [1.807, 2.05) is 54.6 Å². The number of anilines is 2. The monoisotopic (exact) mass is 371 g/mol. The molecule has 0 atom stereocenters. The molecule has 140 valence electrons. The van der Waals surface area contributed by atoms with Crippen LogP contribution in [0.1, 0.15) is 11.1 Å². The van der Waals surface area contributed by atoms with Crippen LogP contribution < -0.4 is 10.2 Å². The molecule has 2 aromatic carbocycles. The lowest BCUT2D eigenvalue weighted by Crippen LogP contribution is -2.27. The van der Waals surface area contributed by atoms with Gasteiger partial charge in [0.15, 0.2) is 0 Å². The van der Waals surface area contributed by atoms with Crippen molar-refractivity contribution in [2.75, 3.05) is 17.3 Å². The van der Waals surface area contributed by atoms with E-state index >= 15 is 0 Å². The maximum absolute atomic E-state index is 12.4. The highest BCUT2D eigenvalue weighted by molar-refractivity contribution is 6.02. The van der Waals surface area contributed by atoms with Crippen LogP contribution in [0.25, 0.3) is 6.08 Å². The molecule has 1 heterocycles. The van der Waals surface area contributed by atoms with Crippen LogP contribution in [0, 0.1) is 0 Å². The van der Waals surface area contributed by atoms with E-state index in [4.69, 9.17) is 0 Å². The summed E-state index contributed by atoms with van der Waals surface area (Å²) in [4.78, 5) is 30.0. The third-order valence-corrected chi connectivity index (χ3v) is 4.23. The molecule has 0 bridgehead atoms. The smallest absolute Gasteiger partial charge is 0.248 e. The number of amides is 2. The quantitative estimate of drug-likeness (QED) is 0.668. The van der Waals surface area contributed by atoms with Crippen LogP contribution in [0.4, 0.5) is 11.4 Å². The fourth-order valence-electron chi connectivity index (χ4n) is 2.63. The normalized spacial score (nSPS) is 10.6. The van der Waals surface area contributed by atoms with Gasteiger partial charge in [0.2, 0.25) is 11.8 Å². The van der Waals surface area contributed by atoms with Gasteiger partial charge in [-0.15, -0.1) is 0 Å². The lowest BCUT2D eigenvalue weighted by atomic mass is 10.1. The zero-order valence-corrected chi connectivity index (χ0v) is 15.6. The molecule has 0 aliphatic rings. The summed E-state index contributed by atoms with van der Waals surface area (Å²) in [7, 11) is 1.77. The van der Waals surface area contributed by atoms with Gasteiger partial charge in [0, 0.05) is 36.9 Å². The molecular weight excluding hydrogens is 350 g/mol. The number of carbonyl (C=O) groups is 2. The Morgan fingerprint density at radius 2 is 1.64 bits per heavy atom. The van der Waals surface area contributed by atoms with E-state index in [9.17, 15) is 9.59 Å². The van der Waals surface area contributed by atoms with Crippen LogP contribution >= 0.6 is 0 Å². The number of para-hydroxylation sites is 1. The molecule has 3 rings (SSSR count). The highest BCUT2D eigenvalue weighted by Gasteiger charge is 2.11. The first kappa shape index (κ1) is 19.0. The van der Waals surface area contributed by atoms with Gasteiger partial charge in [-0.05, 0) is 53.6 Å². The number of likely N-dealkylation sites (N-methyl/N-ethyl adjacent to an activating group) is 1. The Labute approximate surface area is 164 Å². The van der Waals surface area contributed by atoms with E-state index in [1.165, 1.54) is 6.08 Å². The van der Waals surface area contributed by atoms with Gasteiger partial charge in [-0.3, -0.25) is 14.6 Å². The van der Waals surface area contributed by atoms with Crippen molar-refractivity contribution in [2.45, 2.75) is 6.42 Å². The molecule has 5 nitrogen and oxygen atoms in total. The van der Waals surface area contributed by atoms with Crippen LogP contribution in [-0.4, -0.2) is 23.8 Å². The number of benzene rings is 2. The van der Waals surface area contributed by atoms with Crippen LogP contribution in [0.2, 0.25) is 0 Å². The molecule has 28 heavy (non-hydrogen) atoms. The van der Waals surface area contributed by atoms with Gasteiger partial charge in [-0.25, -0.2) is 0 Å². The number of nitrogens with one attached hydrogen (secondary N) is 1. The molecule has 0 spiro atoms. The second-order valence-corrected chi connectivity index (χ2v) is 6.27. The van der Waals surface area contributed by atoms with Crippen molar-refractivity contribution in [3.05, 3.63) is 96.3 Å².